The Hall–Kier alpha value is -4.43. The summed E-state index contributed by atoms with van der Waals surface area (Å²) in [5, 5.41) is 6.14. The van der Waals surface area contributed by atoms with Gasteiger partial charge in [0.1, 0.15) is 16.4 Å². The maximum absolute atomic E-state index is 12.6. The quantitative estimate of drug-likeness (QED) is 0.276. The summed E-state index contributed by atoms with van der Waals surface area (Å²) >= 11 is 1.54. The zero-order valence-electron chi connectivity index (χ0n) is 18.9. The van der Waals surface area contributed by atoms with Gasteiger partial charge in [-0.25, -0.2) is 19.7 Å². The summed E-state index contributed by atoms with van der Waals surface area (Å²) in [6.07, 6.45) is 3.26. The molecule has 3 aromatic heterocycles. The summed E-state index contributed by atoms with van der Waals surface area (Å²) in [4.78, 5) is 30.7. The number of nitrogens with zero attached hydrogens (tertiary/aromatic N) is 4. The second-order valence-electron chi connectivity index (χ2n) is 7.50. The zero-order valence-corrected chi connectivity index (χ0v) is 19.7. The molecule has 0 aliphatic carbocycles. The summed E-state index contributed by atoms with van der Waals surface area (Å²) in [5.41, 5.74) is 4.50. The molecular weight excluding hydrogens is 458 g/mol. The first-order valence-corrected chi connectivity index (χ1v) is 11.9. The van der Waals surface area contributed by atoms with Gasteiger partial charge in [-0.05, 0) is 31.2 Å². The van der Waals surface area contributed by atoms with Crippen LogP contribution in [0.2, 0.25) is 0 Å². The number of aromatic nitrogens is 4. The molecule has 7 nitrogen and oxygen atoms in total. The Morgan fingerprint density at radius 1 is 0.914 bits per heavy atom. The zero-order chi connectivity index (χ0) is 24.0. The van der Waals surface area contributed by atoms with Crippen LogP contribution >= 0.6 is 11.3 Å². The summed E-state index contributed by atoms with van der Waals surface area (Å²) in [5.74, 6) is 0.406. The van der Waals surface area contributed by atoms with Crippen LogP contribution in [0.5, 0.6) is 0 Å². The molecule has 0 atom stereocenters. The van der Waals surface area contributed by atoms with Crippen LogP contribution in [0.1, 0.15) is 17.3 Å². The lowest BCUT2D eigenvalue weighted by atomic mass is 10.1. The molecule has 172 valence electrons. The van der Waals surface area contributed by atoms with Crippen LogP contribution in [-0.2, 0) is 4.74 Å². The topological polar surface area (TPSA) is 89.9 Å². The van der Waals surface area contributed by atoms with E-state index >= 15 is 0 Å². The highest BCUT2D eigenvalue weighted by Gasteiger charge is 2.17. The number of rotatable bonds is 7. The van der Waals surface area contributed by atoms with Crippen molar-refractivity contribution in [2.75, 3.05) is 11.9 Å². The van der Waals surface area contributed by atoms with Crippen LogP contribution in [0.15, 0.2) is 90.6 Å². The number of hydrogen-bond acceptors (Lipinski definition) is 8. The van der Waals surface area contributed by atoms with E-state index in [1.165, 1.54) is 6.20 Å². The third kappa shape index (κ3) is 5.07. The van der Waals surface area contributed by atoms with Crippen molar-refractivity contribution in [3.05, 3.63) is 96.1 Å². The van der Waals surface area contributed by atoms with Crippen molar-refractivity contribution in [1.29, 1.82) is 0 Å². The fraction of sp³-hybridized carbons (Fsp3) is 0.0741. The van der Waals surface area contributed by atoms with E-state index in [9.17, 15) is 4.79 Å². The fourth-order valence-electron chi connectivity index (χ4n) is 3.47. The molecule has 0 aliphatic heterocycles. The Kier molecular flexibility index (Phi) is 6.54. The second-order valence-corrected chi connectivity index (χ2v) is 8.36. The van der Waals surface area contributed by atoms with Crippen molar-refractivity contribution < 1.29 is 9.53 Å². The minimum atomic E-state index is -0.481. The van der Waals surface area contributed by atoms with Gasteiger partial charge in [-0.15, -0.1) is 11.3 Å². The third-order valence-electron chi connectivity index (χ3n) is 5.13. The first-order chi connectivity index (χ1) is 17.2. The molecule has 0 fully saturated rings. The summed E-state index contributed by atoms with van der Waals surface area (Å²) < 4.78 is 5.22. The highest BCUT2D eigenvalue weighted by atomic mass is 32.1. The lowest BCUT2D eigenvalue weighted by Crippen LogP contribution is -2.11. The first-order valence-electron chi connectivity index (χ1n) is 11.0. The minimum Gasteiger partial charge on any atom is -0.462 e. The number of nitrogens with one attached hydrogen (secondary N) is 1. The molecule has 0 unspecified atom stereocenters. The van der Waals surface area contributed by atoms with Gasteiger partial charge in [-0.1, -0.05) is 48.5 Å². The van der Waals surface area contributed by atoms with Crippen LogP contribution < -0.4 is 5.32 Å². The molecule has 0 radical (unpaired) electrons. The molecule has 0 spiro atoms. The van der Waals surface area contributed by atoms with E-state index in [0.717, 1.165) is 33.2 Å². The normalized spacial score (nSPS) is 10.7. The van der Waals surface area contributed by atoms with E-state index in [-0.39, 0.29) is 12.2 Å². The van der Waals surface area contributed by atoms with Crippen molar-refractivity contribution in [3.8, 4) is 33.3 Å². The van der Waals surface area contributed by atoms with E-state index in [2.05, 4.69) is 20.3 Å². The summed E-state index contributed by atoms with van der Waals surface area (Å²) in [6, 6.07) is 23.2. The van der Waals surface area contributed by atoms with E-state index in [0.29, 0.717) is 11.6 Å². The average molecular weight is 480 g/mol. The molecule has 0 amide bonds. The maximum atomic E-state index is 12.6. The van der Waals surface area contributed by atoms with Crippen LogP contribution in [0.3, 0.4) is 0 Å². The van der Waals surface area contributed by atoms with Crippen molar-refractivity contribution in [2.45, 2.75) is 6.92 Å². The first kappa shape index (κ1) is 22.4. The van der Waals surface area contributed by atoms with Crippen molar-refractivity contribution in [2.24, 2.45) is 0 Å². The Morgan fingerprint density at radius 3 is 2.54 bits per heavy atom. The monoisotopic (exact) mass is 479 g/mol. The number of pyridine rings is 1. The van der Waals surface area contributed by atoms with E-state index < -0.39 is 5.97 Å². The molecule has 5 rings (SSSR count). The number of anilines is 2. The second kappa shape index (κ2) is 10.2. The Labute approximate surface area is 206 Å². The van der Waals surface area contributed by atoms with E-state index in [1.807, 2.05) is 78.2 Å². The van der Waals surface area contributed by atoms with Gasteiger partial charge in [-0.2, -0.15) is 0 Å². The predicted molar refractivity (Wildman–Crippen MR) is 137 cm³/mol. The van der Waals surface area contributed by atoms with Gasteiger partial charge in [0.25, 0.3) is 0 Å². The molecule has 1 N–H and O–H groups in total. The predicted octanol–water partition coefficient (Wildman–Crippen LogP) is 6.25. The third-order valence-corrected chi connectivity index (χ3v) is 5.99. The van der Waals surface area contributed by atoms with Crippen LogP contribution in [0.4, 0.5) is 11.5 Å². The van der Waals surface area contributed by atoms with Gasteiger partial charge < -0.3 is 10.1 Å². The molecule has 0 aliphatic rings. The van der Waals surface area contributed by atoms with Gasteiger partial charge in [0, 0.05) is 34.6 Å². The van der Waals surface area contributed by atoms with Crippen molar-refractivity contribution in [1.82, 2.24) is 19.9 Å². The van der Waals surface area contributed by atoms with Crippen LogP contribution in [-0.4, -0.2) is 32.5 Å². The molecule has 35 heavy (non-hydrogen) atoms. The molecule has 3 heterocycles. The standard InChI is InChI=1S/C27H21N5O2S/c1-2-34-27(33)21-16-29-24(18-9-4-3-5-10-18)32-25(21)30-20-12-8-11-19(15-20)23-17-35-26(31-23)22-13-6-7-14-28-22/h3-17H,2H2,1H3,(H,29,30,32). The number of esters is 1. The number of carbonyl (C=O) groups is 1. The van der Waals surface area contributed by atoms with Gasteiger partial charge in [0.15, 0.2) is 5.82 Å². The molecule has 8 heteroatoms. The summed E-state index contributed by atoms with van der Waals surface area (Å²) in [7, 11) is 0. The number of ether oxygens (including phenoxy) is 1. The Balaban J connectivity index is 1.47. The fourth-order valence-corrected chi connectivity index (χ4v) is 4.27. The SMILES string of the molecule is CCOC(=O)c1cnc(-c2ccccc2)nc1Nc1cccc(-c2csc(-c3ccccn3)n2)c1. The van der Waals surface area contributed by atoms with E-state index in [4.69, 9.17) is 9.72 Å². The number of benzene rings is 2. The van der Waals surface area contributed by atoms with Crippen LogP contribution in [0, 0.1) is 0 Å². The maximum Gasteiger partial charge on any atom is 0.343 e. The number of thiazole rings is 1. The molecule has 2 aromatic carbocycles. The molecular formula is C27H21N5O2S. The highest BCUT2D eigenvalue weighted by molar-refractivity contribution is 7.13. The molecule has 0 saturated heterocycles. The highest BCUT2D eigenvalue weighted by Crippen LogP contribution is 2.30. The Bertz CT molecular complexity index is 1460. The smallest absolute Gasteiger partial charge is 0.343 e. The number of carbonyl (C=O) groups excluding carboxylic acids is 1. The van der Waals surface area contributed by atoms with Gasteiger partial charge in [-0.3, -0.25) is 4.98 Å². The molecule has 5 aromatic rings. The van der Waals surface area contributed by atoms with Crippen molar-refractivity contribution >= 4 is 28.8 Å². The average Bonchev–Trinajstić information content (AvgIpc) is 3.41. The Morgan fingerprint density at radius 2 is 1.74 bits per heavy atom. The minimum absolute atomic E-state index is 0.261. The number of hydrogen-bond donors (Lipinski definition) is 1. The van der Waals surface area contributed by atoms with Crippen molar-refractivity contribution in [3.63, 3.8) is 0 Å². The van der Waals surface area contributed by atoms with Crippen LogP contribution in [0.25, 0.3) is 33.3 Å². The van der Waals surface area contributed by atoms with E-state index in [1.54, 1.807) is 24.5 Å². The van der Waals surface area contributed by atoms with Gasteiger partial charge in [0.05, 0.1) is 18.0 Å². The molecule has 0 saturated carbocycles. The largest absolute Gasteiger partial charge is 0.462 e. The molecule has 0 bridgehead atoms. The summed E-state index contributed by atoms with van der Waals surface area (Å²) in [6.45, 7) is 2.03. The van der Waals surface area contributed by atoms with Gasteiger partial charge in [0.2, 0.25) is 0 Å². The lowest BCUT2D eigenvalue weighted by molar-refractivity contribution is 0.0526. The lowest BCUT2D eigenvalue weighted by Gasteiger charge is -2.12. The van der Waals surface area contributed by atoms with Gasteiger partial charge >= 0.3 is 5.97 Å².